The number of phenolic OH excluding ortho intramolecular Hbond substituents is 1. The van der Waals surface area contributed by atoms with Crippen LogP contribution in [-0.2, 0) is 0 Å². The van der Waals surface area contributed by atoms with E-state index in [1.807, 2.05) is 0 Å². The van der Waals surface area contributed by atoms with Crippen molar-refractivity contribution >= 4 is 5.91 Å². The summed E-state index contributed by atoms with van der Waals surface area (Å²) < 4.78 is 4.94. The predicted octanol–water partition coefficient (Wildman–Crippen LogP) is 0.102. The van der Waals surface area contributed by atoms with Gasteiger partial charge in [0.1, 0.15) is 0 Å². The van der Waals surface area contributed by atoms with Gasteiger partial charge < -0.3 is 20.5 Å². The van der Waals surface area contributed by atoms with Gasteiger partial charge in [0.15, 0.2) is 11.5 Å². The number of benzene rings is 1. The molecule has 1 aliphatic heterocycles. The third-order valence-corrected chi connectivity index (χ3v) is 2.58. The molecule has 2 rings (SSSR count). The maximum absolute atomic E-state index is 11.8. The second-order valence-electron chi connectivity index (χ2n) is 3.69. The van der Waals surface area contributed by atoms with Crippen molar-refractivity contribution in [2.75, 3.05) is 20.2 Å². The molecule has 5 heteroatoms. The first-order chi connectivity index (χ1) is 7.72. The lowest BCUT2D eigenvalue weighted by Crippen LogP contribution is -2.56. The number of carbonyl (C=O) groups excluding carboxylic acids is 1. The van der Waals surface area contributed by atoms with Gasteiger partial charge in [-0.1, -0.05) is 6.07 Å². The number of rotatable bonds is 3. The van der Waals surface area contributed by atoms with Gasteiger partial charge in [-0.15, -0.1) is 0 Å². The molecular formula is C11H14N2O3. The largest absolute Gasteiger partial charge is 0.504 e. The van der Waals surface area contributed by atoms with Crippen LogP contribution in [0.2, 0.25) is 0 Å². The Morgan fingerprint density at radius 1 is 1.56 bits per heavy atom. The van der Waals surface area contributed by atoms with Crippen LogP contribution >= 0.6 is 0 Å². The standard InChI is InChI=1S/C11H14N2O3/c1-16-9-4-2-3-8(10(9)14)11(15)13-7-5-12-6-7/h2-4,7,12,14H,5-6H2,1H3,(H,13,15). The number of hydrogen-bond acceptors (Lipinski definition) is 4. The van der Waals surface area contributed by atoms with Crippen LogP contribution in [0.5, 0.6) is 11.5 Å². The topological polar surface area (TPSA) is 70.6 Å². The summed E-state index contributed by atoms with van der Waals surface area (Å²) in [6.07, 6.45) is 0. The Bertz CT molecular complexity index is 402. The number of methoxy groups -OCH3 is 1. The molecule has 1 fully saturated rings. The predicted molar refractivity (Wildman–Crippen MR) is 58.8 cm³/mol. The summed E-state index contributed by atoms with van der Waals surface area (Å²) in [5.74, 6) is -0.0860. The summed E-state index contributed by atoms with van der Waals surface area (Å²) in [5.41, 5.74) is 0.242. The molecule has 3 N–H and O–H groups in total. The molecule has 0 atom stereocenters. The molecule has 0 aliphatic carbocycles. The lowest BCUT2D eigenvalue weighted by atomic mass is 10.1. The third kappa shape index (κ3) is 1.94. The second-order valence-corrected chi connectivity index (χ2v) is 3.69. The van der Waals surface area contributed by atoms with Gasteiger partial charge in [0.2, 0.25) is 0 Å². The molecule has 1 aliphatic rings. The smallest absolute Gasteiger partial charge is 0.255 e. The maximum Gasteiger partial charge on any atom is 0.255 e. The summed E-state index contributed by atoms with van der Waals surface area (Å²) in [6, 6.07) is 5.00. The van der Waals surface area contributed by atoms with Crippen LogP contribution in [0.25, 0.3) is 0 Å². The number of nitrogens with one attached hydrogen (secondary N) is 2. The summed E-state index contributed by atoms with van der Waals surface area (Å²) in [4.78, 5) is 11.8. The molecule has 1 saturated heterocycles. The van der Waals surface area contributed by atoms with E-state index in [9.17, 15) is 9.90 Å². The van der Waals surface area contributed by atoms with Crippen molar-refractivity contribution in [1.82, 2.24) is 10.6 Å². The van der Waals surface area contributed by atoms with Crippen molar-refractivity contribution in [3.8, 4) is 11.5 Å². The highest BCUT2D eigenvalue weighted by atomic mass is 16.5. The Hall–Kier alpha value is -1.75. The van der Waals surface area contributed by atoms with E-state index in [1.165, 1.54) is 7.11 Å². The highest BCUT2D eigenvalue weighted by Gasteiger charge is 2.21. The van der Waals surface area contributed by atoms with Crippen molar-refractivity contribution in [2.45, 2.75) is 6.04 Å². The average Bonchev–Trinajstić information content (AvgIpc) is 2.23. The molecule has 1 aromatic rings. The molecule has 1 heterocycles. The first kappa shape index (κ1) is 10.8. The molecule has 0 spiro atoms. The number of ether oxygens (including phenoxy) is 1. The van der Waals surface area contributed by atoms with Gasteiger partial charge in [-0.3, -0.25) is 4.79 Å². The second kappa shape index (κ2) is 4.40. The normalized spacial score (nSPS) is 15.3. The van der Waals surface area contributed by atoms with Crippen molar-refractivity contribution in [2.24, 2.45) is 0 Å². The monoisotopic (exact) mass is 222 g/mol. The summed E-state index contributed by atoms with van der Waals surface area (Å²) in [6.45, 7) is 1.55. The van der Waals surface area contributed by atoms with E-state index in [0.717, 1.165) is 13.1 Å². The van der Waals surface area contributed by atoms with Crippen molar-refractivity contribution < 1.29 is 14.6 Å². The van der Waals surface area contributed by atoms with Gasteiger partial charge in [-0.2, -0.15) is 0 Å². The Labute approximate surface area is 93.4 Å². The van der Waals surface area contributed by atoms with Crippen molar-refractivity contribution in [1.29, 1.82) is 0 Å². The van der Waals surface area contributed by atoms with E-state index in [4.69, 9.17) is 4.74 Å². The molecular weight excluding hydrogens is 208 g/mol. The fourth-order valence-electron chi connectivity index (χ4n) is 1.52. The highest BCUT2D eigenvalue weighted by Crippen LogP contribution is 2.29. The minimum Gasteiger partial charge on any atom is -0.504 e. The molecule has 86 valence electrons. The van der Waals surface area contributed by atoms with E-state index in [0.29, 0.717) is 5.75 Å². The van der Waals surface area contributed by atoms with Gasteiger partial charge in [-0.25, -0.2) is 0 Å². The number of aromatic hydroxyl groups is 1. The number of phenols is 1. The summed E-state index contributed by atoms with van der Waals surface area (Å²) >= 11 is 0. The Morgan fingerprint density at radius 2 is 2.31 bits per heavy atom. The number of hydrogen-bond donors (Lipinski definition) is 3. The van der Waals surface area contributed by atoms with Crippen LogP contribution < -0.4 is 15.4 Å². The Balaban J connectivity index is 2.15. The zero-order chi connectivity index (χ0) is 11.5. The van der Waals surface area contributed by atoms with Crippen molar-refractivity contribution in [3.63, 3.8) is 0 Å². The zero-order valence-corrected chi connectivity index (χ0v) is 8.99. The number of para-hydroxylation sites is 1. The SMILES string of the molecule is COc1cccc(C(=O)NC2CNC2)c1O. The van der Waals surface area contributed by atoms with Gasteiger partial charge in [0.05, 0.1) is 18.7 Å². The van der Waals surface area contributed by atoms with Crippen LogP contribution in [0.1, 0.15) is 10.4 Å². The first-order valence-electron chi connectivity index (χ1n) is 5.10. The van der Waals surface area contributed by atoms with Gasteiger partial charge in [-0.05, 0) is 12.1 Å². The maximum atomic E-state index is 11.8. The first-order valence-corrected chi connectivity index (χ1v) is 5.10. The molecule has 1 aromatic carbocycles. The molecule has 5 nitrogen and oxygen atoms in total. The Kier molecular flexibility index (Phi) is 2.96. The average molecular weight is 222 g/mol. The van der Waals surface area contributed by atoms with Gasteiger partial charge >= 0.3 is 0 Å². The van der Waals surface area contributed by atoms with Crippen molar-refractivity contribution in [3.05, 3.63) is 23.8 Å². The van der Waals surface area contributed by atoms with E-state index >= 15 is 0 Å². The van der Waals surface area contributed by atoms with Gasteiger partial charge in [0.25, 0.3) is 5.91 Å². The molecule has 1 amide bonds. The number of carbonyl (C=O) groups is 1. The lowest BCUT2D eigenvalue weighted by molar-refractivity contribution is 0.0920. The molecule has 0 unspecified atom stereocenters. The molecule has 0 saturated carbocycles. The molecule has 0 radical (unpaired) electrons. The zero-order valence-electron chi connectivity index (χ0n) is 8.99. The van der Waals surface area contributed by atoms with Crippen LogP contribution in [-0.4, -0.2) is 37.3 Å². The summed E-state index contributed by atoms with van der Waals surface area (Å²) in [7, 11) is 1.45. The fourth-order valence-corrected chi connectivity index (χ4v) is 1.52. The van der Waals surface area contributed by atoms with Crippen LogP contribution in [0, 0.1) is 0 Å². The third-order valence-electron chi connectivity index (χ3n) is 2.58. The van der Waals surface area contributed by atoms with Crippen LogP contribution in [0.4, 0.5) is 0 Å². The molecule has 0 bridgehead atoms. The summed E-state index contributed by atoms with van der Waals surface area (Å²) in [5, 5.41) is 15.6. The quantitative estimate of drug-likeness (QED) is 0.678. The Morgan fingerprint density at radius 3 is 2.88 bits per heavy atom. The fraction of sp³-hybridized carbons (Fsp3) is 0.364. The van der Waals surface area contributed by atoms with Crippen LogP contribution in [0.15, 0.2) is 18.2 Å². The van der Waals surface area contributed by atoms with Crippen LogP contribution in [0.3, 0.4) is 0 Å². The lowest BCUT2D eigenvalue weighted by Gasteiger charge is -2.28. The van der Waals surface area contributed by atoms with E-state index < -0.39 is 0 Å². The molecule has 0 aromatic heterocycles. The number of amides is 1. The van der Waals surface area contributed by atoms with E-state index in [1.54, 1.807) is 18.2 Å². The highest BCUT2D eigenvalue weighted by molar-refractivity contribution is 5.97. The minimum absolute atomic E-state index is 0.116. The van der Waals surface area contributed by atoms with Gasteiger partial charge in [0, 0.05) is 13.1 Å². The van der Waals surface area contributed by atoms with E-state index in [-0.39, 0.29) is 23.3 Å². The van der Waals surface area contributed by atoms with E-state index in [2.05, 4.69) is 10.6 Å². The molecule has 16 heavy (non-hydrogen) atoms. The minimum atomic E-state index is -0.275.